The van der Waals surface area contributed by atoms with Gasteiger partial charge in [-0.2, -0.15) is 5.10 Å². The number of aromatic nitrogens is 2. The molecule has 0 amide bonds. The topological polar surface area (TPSA) is 44.5 Å². The van der Waals surface area contributed by atoms with Crippen LogP contribution in [-0.2, 0) is 6.54 Å². The van der Waals surface area contributed by atoms with Gasteiger partial charge in [-0.05, 0) is 63.4 Å². The summed E-state index contributed by atoms with van der Waals surface area (Å²) < 4.78 is 15.6. The van der Waals surface area contributed by atoms with Crippen molar-refractivity contribution < 1.29 is 9.50 Å². The molecule has 1 unspecified atom stereocenters. The molecule has 0 radical (unpaired) electrons. The van der Waals surface area contributed by atoms with E-state index in [1.54, 1.807) is 16.8 Å². The Morgan fingerprint density at radius 1 is 1.11 bits per heavy atom. The predicted octanol–water partition coefficient (Wildman–Crippen LogP) is 2.68. The van der Waals surface area contributed by atoms with Gasteiger partial charge in [-0.15, -0.1) is 0 Å². The normalized spacial score (nSPS) is 23.0. The Labute approximate surface area is 160 Å². The fourth-order valence-corrected chi connectivity index (χ4v) is 4.44. The van der Waals surface area contributed by atoms with E-state index in [2.05, 4.69) is 14.9 Å². The first kappa shape index (κ1) is 18.6. The third kappa shape index (κ3) is 4.39. The Morgan fingerprint density at radius 3 is 2.70 bits per heavy atom. The van der Waals surface area contributed by atoms with E-state index in [0.717, 1.165) is 51.1 Å². The van der Waals surface area contributed by atoms with E-state index in [-0.39, 0.29) is 5.82 Å². The van der Waals surface area contributed by atoms with E-state index < -0.39 is 0 Å². The smallest absolute Gasteiger partial charge is 0.148 e. The van der Waals surface area contributed by atoms with Gasteiger partial charge in [-0.25, -0.2) is 9.07 Å². The van der Waals surface area contributed by atoms with Gasteiger partial charge in [-0.1, -0.05) is 12.1 Å². The predicted molar refractivity (Wildman–Crippen MR) is 103 cm³/mol. The van der Waals surface area contributed by atoms with Gasteiger partial charge < -0.3 is 5.11 Å². The largest absolute Gasteiger partial charge is 0.396 e. The maximum Gasteiger partial charge on any atom is 0.148 e. The number of hydrogen-bond acceptors (Lipinski definition) is 4. The minimum absolute atomic E-state index is 0.253. The fourth-order valence-electron chi connectivity index (χ4n) is 4.44. The Hall–Kier alpha value is -1.76. The van der Waals surface area contributed by atoms with Crippen LogP contribution in [-0.4, -0.2) is 63.5 Å². The van der Waals surface area contributed by atoms with Crippen LogP contribution < -0.4 is 0 Å². The number of piperidine rings is 2. The third-order valence-corrected chi connectivity index (χ3v) is 6.05. The summed E-state index contributed by atoms with van der Waals surface area (Å²) in [5, 5.41) is 13.7. The zero-order valence-corrected chi connectivity index (χ0v) is 15.8. The molecule has 27 heavy (non-hydrogen) atoms. The molecule has 2 aromatic rings. The van der Waals surface area contributed by atoms with Crippen LogP contribution in [0.3, 0.4) is 0 Å². The second kappa shape index (κ2) is 8.50. The molecule has 1 N–H and O–H groups in total. The van der Waals surface area contributed by atoms with Crippen molar-refractivity contribution in [3.05, 3.63) is 48.0 Å². The van der Waals surface area contributed by atoms with Crippen molar-refractivity contribution in [2.45, 2.75) is 38.3 Å². The van der Waals surface area contributed by atoms with Gasteiger partial charge in [0.15, 0.2) is 0 Å². The van der Waals surface area contributed by atoms with Crippen molar-refractivity contribution in [3.8, 4) is 5.69 Å². The highest BCUT2D eigenvalue weighted by atomic mass is 19.1. The van der Waals surface area contributed by atoms with E-state index in [9.17, 15) is 9.50 Å². The summed E-state index contributed by atoms with van der Waals surface area (Å²) in [6.07, 6.45) is 8.49. The lowest BCUT2D eigenvalue weighted by Crippen LogP contribution is -2.50. The molecule has 2 aliphatic heterocycles. The highest BCUT2D eigenvalue weighted by Crippen LogP contribution is 2.24. The summed E-state index contributed by atoms with van der Waals surface area (Å²) in [6, 6.07) is 7.35. The van der Waals surface area contributed by atoms with Crippen LogP contribution in [0.15, 0.2) is 36.7 Å². The van der Waals surface area contributed by atoms with E-state index in [1.165, 1.54) is 18.9 Å². The zero-order valence-electron chi connectivity index (χ0n) is 15.8. The van der Waals surface area contributed by atoms with Gasteiger partial charge in [0.2, 0.25) is 0 Å². The molecular formula is C21H29FN4O. The number of aliphatic hydroxyl groups is 1. The molecule has 0 aliphatic carbocycles. The van der Waals surface area contributed by atoms with Gasteiger partial charge >= 0.3 is 0 Å². The lowest BCUT2D eigenvalue weighted by molar-refractivity contribution is 0.0544. The molecule has 0 bridgehead atoms. The quantitative estimate of drug-likeness (QED) is 0.877. The van der Waals surface area contributed by atoms with Crippen LogP contribution >= 0.6 is 0 Å². The molecule has 2 fully saturated rings. The summed E-state index contributed by atoms with van der Waals surface area (Å²) >= 11 is 0. The second-order valence-corrected chi connectivity index (χ2v) is 7.94. The molecule has 3 heterocycles. The standard InChI is InChI=1S/C21H29FN4O/c22-20-5-1-2-6-21(20)26-14-18(12-23-26)13-24-9-3-4-19(15-24)25-10-7-17(16-27)8-11-25/h1-2,5-6,12,14,17,19,27H,3-4,7-11,13,15-16H2. The molecule has 0 saturated carbocycles. The maximum absolute atomic E-state index is 14.0. The third-order valence-electron chi connectivity index (χ3n) is 6.05. The van der Waals surface area contributed by atoms with Gasteiger partial charge in [0.1, 0.15) is 11.5 Å². The molecule has 6 heteroatoms. The van der Waals surface area contributed by atoms with E-state index >= 15 is 0 Å². The van der Waals surface area contributed by atoms with Crippen molar-refractivity contribution in [2.24, 2.45) is 5.92 Å². The van der Waals surface area contributed by atoms with Crippen LogP contribution in [0.5, 0.6) is 0 Å². The van der Waals surface area contributed by atoms with Crippen LogP contribution in [0.2, 0.25) is 0 Å². The summed E-state index contributed by atoms with van der Waals surface area (Å²) in [5.41, 5.74) is 1.62. The van der Waals surface area contributed by atoms with Crippen LogP contribution in [0.25, 0.3) is 5.69 Å². The zero-order chi connectivity index (χ0) is 18.6. The molecule has 1 atom stereocenters. The Bertz CT molecular complexity index is 741. The minimum atomic E-state index is -0.253. The lowest BCUT2D eigenvalue weighted by Gasteiger charge is -2.42. The molecule has 4 rings (SSSR count). The van der Waals surface area contributed by atoms with Crippen molar-refractivity contribution in [2.75, 3.05) is 32.8 Å². The molecule has 2 aliphatic rings. The monoisotopic (exact) mass is 372 g/mol. The van der Waals surface area contributed by atoms with Crippen LogP contribution in [0.1, 0.15) is 31.2 Å². The SMILES string of the molecule is OCC1CCN(C2CCCN(Cc3cnn(-c4ccccc4F)c3)C2)CC1. The number of halogens is 1. The molecule has 146 valence electrons. The average Bonchev–Trinajstić information content (AvgIpc) is 3.17. The number of hydrogen-bond donors (Lipinski definition) is 1. The number of aliphatic hydroxyl groups excluding tert-OH is 1. The number of para-hydroxylation sites is 1. The average molecular weight is 372 g/mol. The Morgan fingerprint density at radius 2 is 1.93 bits per heavy atom. The first-order valence-corrected chi connectivity index (χ1v) is 10.1. The first-order valence-electron chi connectivity index (χ1n) is 10.1. The molecule has 2 saturated heterocycles. The number of benzene rings is 1. The van der Waals surface area contributed by atoms with E-state index in [0.29, 0.717) is 24.3 Å². The van der Waals surface area contributed by atoms with Gasteiger partial charge in [0.05, 0.1) is 6.20 Å². The molecule has 0 spiro atoms. The van der Waals surface area contributed by atoms with Crippen molar-refractivity contribution in [1.82, 2.24) is 19.6 Å². The van der Waals surface area contributed by atoms with Crippen molar-refractivity contribution in [3.63, 3.8) is 0 Å². The highest BCUT2D eigenvalue weighted by Gasteiger charge is 2.28. The number of likely N-dealkylation sites (tertiary alicyclic amines) is 2. The molecule has 1 aromatic carbocycles. The summed E-state index contributed by atoms with van der Waals surface area (Å²) in [5.74, 6) is 0.238. The van der Waals surface area contributed by atoms with E-state index in [1.807, 2.05) is 18.5 Å². The maximum atomic E-state index is 14.0. The molecule has 5 nitrogen and oxygen atoms in total. The summed E-state index contributed by atoms with van der Waals surface area (Å²) in [4.78, 5) is 5.11. The fraction of sp³-hybridized carbons (Fsp3) is 0.571. The van der Waals surface area contributed by atoms with Gasteiger partial charge in [0, 0.05) is 37.5 Å². The van der Waals surface area contributed by atoms with E-state index in [4.69, 9.17) is 0 Å². The highest BCUT2D eigenvalue weighted by molar-refractivity contribution is 5.32. The van der Waals surface area contributed by atoms with Crippen molar-refractivity contribution in [1.29, 1.82) is 0 Å². The van der Waals surface area contributed by atoms with Crippen LogP contribution in [0, 0.1) is 11.7 Å². The first-order chi connectivity index (χ1) is 13.2. The minimum Gasteiger partial charge on any atom is -0.396 e. The van der Waals surface area contributed by atoms with Gasteiger partial charge in [-0.3, -0.25) is 9.80 Å². The van der Waals surface area contributed by atoms with Crippen LogP contribution in [0.4, 0.5) is 4.39 Å². The Balaban J connectivity index is 1.35. The van der Waals surface area contributed by atoms with Gasteiger partial charge in [0.25, 0.3) is 0 Å². The molecular weight excluding hydrogens is 343 g/mol. The number of nitrogens with zero attached hydrogens (tertiary/aromatic N) is 4. The summed E-state index contributed by atoms with van der Waals surface area (Å²) in [6.45, 7) is 5.59. The van der Waals surface area contributed by atoms with Crippen molar-refractivity contribution >= 4 is 0 Å². The summed E-state index contributed by atoms with van der Waals surface area (Å²) in [7, 11) is 0. The molecule has 1 aromatic heterocycles. The Kier molecular flexibility index (Phi) is 5.86. The second-order valence-electron chi connectivity index (χ2n) is 7.94. The lowest BCUT2D eigenvalue weighted by atomic mass is 9.94. The number of rotatable bonds is 5.